The van der Waals surface area contributed by atoms with E-state index in [-0.39, 0.29) is 0 Å². The van der Waals surface area contributed by atoms with Crippen LogP contribution >= 0.6 is 0 Å². The van der Waals surface area contributed by atoms with Gasteiger partial charge in [-0.2, -0.15) is 5.26 Å². The van der Waals surface area contributed by atoms with E-state index in [1.165, 1.54) is 0 Å². The highest BCUT2D eigenvalue weighted by atomic mass is 16.5. The Morgan fingerprint density at radius 3 is 2.27 bits per heavy atom. The molecule has 0 aliphatic rings. The minimum atomic E-state index is 0.551. The summed E-state index contributed by atoms with van der Waals surface area (Å²) in [5, 5.41) is 11.3. The third-order valence-electron chi connectivity index (χ3n) is 4.39. The number of nitriles is 1. The number of hydrogen-bond donors (Lipinski definition) is 0. The molecule has 5 nitrogen and oxygen atoms in total. The Hall–Kier alpha value is -3.26. The summed E-state index contributed by atoms with van der Waals surface area (Å²) in [6.07, 6.45) is 0.621. The van der Waals surface area contributed by atoms with Crippen LogP contribution in [0.4, 0.5) is 0 Å². The number of ether oxygens (including phenoxy) is 3. The van der Waals surface area contributed by atoms with E-state index in [9.17, 15) is 5.26 Å². The van der Waals surface area contributed by atoms with Crippen LogP contribution in [-0.4, -0.2) is 26.3 Å². The van der Waals surface area contributed by atoms with E-state index in [1.807, 2.05) is 43.3 Å². The molecule has 0 aliphatic carbocycles. The highest BCUT2D eigenvalue weighted by molar-refractivity contribution is 5.93. The van der Waals surface area contributed by atoms with Crippen molar-refractivity contribution in [3.63, 3.8) is 0 Å². The molecule has 0 bridgehead atoms. The first kappa shape index (κ1) is 17.6. The van der Waals surface area contributed by atoms with Gasteiger partial charge < -0.3 is 14.2 Å². The third kappa shape index (κ3) is 3.14. The molecule has 0 amide bonds. The van der Waals surface area contributed by atoms with E-state index in [4.69, 9.17) is 19.2 Å². The van der Waals surface area contributed by atoms with Gasteiger partial charge in [-0.15, -0.1) is 0 Å². The predicted octanol–water partition coefficient (Wildman–Crippen LogP) is 4.03. The van der Waals surface area contributed by atoms with Crippen LogP contribution in [0.1, 0.15) is 22.5 Å². The second-order valence-corrected chi connectivity index (χ2v) is 5.91. The first-order chi connectivity index (χ1) is 12.6. The summed E-state index contributed by atoms with van der Waals surface area (Å²) >= 11 is 0. The summed E-state index contributed by atoms with van der Waals surface area (Å²) in [5.41, 5.74) is 3.21. The van der Waals surface area contributed by atoms with Crippen LogP contribution in [0.3, 0.4) is 0 Å². The molecule has 5 heteroatoms. The number of aryl methyl sites for hydroxylation is 1. The normalized spacial score (nSPS) is 10.4. The Bertz CT molecular complexity index is 1010. The lowest BCUT2D eigenvalue weighted by Gasteiger charge is -2.14. The molecule has 0 fully saturated rings. The molecule has 0 N–H and O–H groups in total. The van der Waals surface area contributed by atoms with Crippen molar-refractivity contribution >= 4 is 10.8 Å². The zero-order valence-electron chi connectivity index (χ0n) is 15.3. The molecule has 0 saturated heterocycles. The fourth-order valence-corrected chi connectivity index (χ4v) is 3.09. The van der Waals surface area contributed by atoms with Crippen LogP contribution < -0.4 is 14.2 Å². The third-order valence-corrected chi connectivity index (χ3v) is 4.39. The fourth-order valence-electron chi connectivity index (χ4n) is 3.09. The summed E-state index contributed by atoms with van der Waals surface area (Å²) in [4.78, 5) is 4.69. The number of methoxy groups -OCH3 is 3. The van der Waals surface area contributed by atoms with E-state index in [2.05, 4.69) is 6.07 Å². The topological polar surface area (TPSA) is 64.4 Å². The van der Waals surface area contributed by atoms with Crippen LogP contribution in [0, 0.1) is 18.3 Å². The maximum absolute atomic E-state index is 9.58. The summed E-state index contributed by atoms with van der Waals surface area (Å²) in [6.45, 7) is 1.85. The van der Waals surface area contributed by atoms with E-state index in [0.29, 0.717) is 29.2 Å². The lowest BCUT2D eigenvalue weighted by atomic mass is 9.98. The Labute approximate surface area is 152 Å². The average molecular weight is 348 g/mol. The second kappa shape index (κ2) is 7.32. The summed E-state index contributed by atoms with van der Waals surface area (Å²) < 4.78 is 16.1. The van der Waals surface area contributed by atoms with Gasteiger partial charge in [0.2, 0.25) is 0 Å². The second-order valence-electron chi connectivity index (χ2n) is 5.91. The molecule has 2 aromatic carbocycles. The van der Waals surface area contributed by atoms with E-state index in [1.54, 1.807) is 21.3 Å². The molecule has 3 aromatic rings. The van der Waals surface area contributed by atoms with Gasteiger partial charge in [0, 0.05) is 17.2 Å². The number of pyridine rings is 1. The van der Waals surface area contributed by atoms with Gasteiger partial charge in [0.1, 0.15) is 11.8 Å². The van der Waals surface area contributed by atoms with Gasteiger partial charge in [0.25, 0.3) is 0 Å². The van der Waals surface area contributed by atoms with Crippen molar-refractivity contribution in [2.45, 2.75) is 13.3 Å². The number of nitrogens with zero attached hydrogens (tertiary/aromatic N) is 2. The van der Waals surface area contributed by atoms with Crippen molar-refractivity contribution in [2.24, 2.45) is 0 Å². The summed E-state index contributed by atoms with van der Waals surface area (Å²) in [7, 11) is 4.83. The quantitative estimate of drug-likeness (QED) is 0.696. The number of benzene rings is 2. The highest BCUT2D eigenvalue weighted by Gasteiger charge is 2.16. The van der Waals surface area contributed by atoms with Crippen molar-refractivity contribution in [1.29, 1.82) is 5.26 Å². The summed E-state index contributed by atoms with van der Waals surface area (Å²) in [5.74, 6) is 2.01. The molecule has 0 saturated carbocycles. The molecule has 0 unspecified atom stereocenters. The molecule has 0 atom stereocenters. The van der Waals surface area contributed by atoms with Crippen LogP contribution in [0.2, 0.25) is 0 Å². The molecule has 0 aliphatic heterocycles. The van der Waals surface area contributed by atoms with E-state index in [0.717, 1.165) is 27.8 Å². The van der Waals surface area contributed by atoms with Crippen molar-refractivity contribution < 1.29 is 14.2 Å². The molecule has 26 heavy (non-hydrogen) atoms. The van der Waals surface area contributed by atoms with Crippen molar-refractivity contribution in [1.82, 2.24) is 4.98 Å². The van der Waals surface area contributed by atoms with Gasteiger partial charge in [-0.25, -0.2) is 0 Å². The van der Waals surface area contributed by atoms with Crippen molar-refractivity contribution in [2.75, 3.05) is 21.3 Å². The number of hydrogen-bond acceptors (Lipinski definition) is 5. The Morgan fingerprint density at radius 2 is 1.65 bits per heavy atom. The maximum Gasteiger partial charge on any atom is 0.161 e. The van der Waals surface area contributed by atoms with Crippen LogP contribution in [0.25, 0.3) is 10.8 Å². The average Bonchev–Trinajstić information content (AvgIpc) is 2.67. The highest BCUT2D eigenvalue weighted by Crippen LogP contribution is 2.36. The Kier molecular flexibility index (Phi) is 4.94. The molecule has 1 aromatic heterocycles. The zero-order chi connectivity index (χ0) is 18.7. The summed E-state index contributed by atoms with van der Waals surface area (Å²) in [6, 6.07) is 13.9. The minimum Gasteiger partial charge on any atom is -0.497 e. The number of aromatic nitrogens is 1. The van der Waals surface area contributed by atoms with E-state index >= 15 is 0 Å². The zero-order valence-corrected chi connectivity index (χ0v) is 15.3. The number of rotatable bonds is 5. The molecule has 3 rings (SSSR count). The SMILES string of the molecule is COc1cccc(Cc2nc(C)c(C#N)c3cc(OC)c(OC)cc23)c1. The fraction of sp³-hybridized carbons (Fsp3) is 0.238. The molecular weight excluding hydrogens is 328 g/mol. The Balaban J connectivity index is 2.23. The molecule has 132 valence electrons. The first-order valence-electron chi connectivity index (χ1n) is 8.19. The van der Waals surface area contributed by atoms with Crippen molar-refractivity contribution in [3.05, 3.63) is 58.9 Å². The largest absolute Gasteiger partial charge is 0.497 e. The van der Waals surface area contributed by atoms with Gasteiger partial charge >= 0.3 is 0 Å². The van der Waals surface area contributed by atoms with Crippen LogP contribution in [0.5, 0.6) is 17.2 Å². The maximum atomic E-state index is 9.58. The van der Waals surface area contributed by atoms with Gasteiger partial charge in [-0.05, 0) is 36.8 Å². The lowest BCUT2D eigenvalue weighted by Crippen LogP contribution is -2.01. The smallest absolute Gasteiger partial charge is 0.161 e. The standard InChI is InChI=1S/C21H20N2O3/c1-13-18(12-22)16-10-20(25-3)21(26-4)11-17(16)19(23-13)9-14-6-5-7-15(8-14)24-2/h5-8,10-11H,9H2,1-4H3. The minimum absolute atomic E-state index is 0.551. The van der Waals surface area contributed by atoms with E-state index < -0.39 is 0 Å². The predicted molar refractivity (Wildman–Crippen MR) is 100 cm³/mol. The van der Waals surface area contributed by atoms with Crippen LogP contribution in [-0.2, 0) is 6.42 Å². The van der Waals surface area contributed by atoms with Crippen LogP contribution in [0.15, 0.2) is 36.4 Å². The first-order valence-corrected chi connectivity index (χ1v) is 8.19. The van der Waals surface area contributed by atoms with Gasteiger partial charge in [0.05, 0.1) is 38.3 Å². The van der Waals surface area contributed by atoms with Gasteiger partial charge in [0.15, 0.2) is 11.5 Å². The number of fused-ring (bicyclic) bond motifs is 1. The van der Waals surface area contributed by atoms with Gasteiger partial charge in [-0.1, -0.05) is 12.1 Å². The molecule has 1 heterocycles. The molecular formula is C21H20N2O3. The van der Waals surface area contributed by atoms with Gasteiger partial charge in [-0.3, -0.25) is 4.98 Å². The van der Waals surface area contributed by atoms with Crippen molar-refractivity contribution in [3.8, 4) is 23.3 Å². The molecule has 0 spiro atoms. The molecule has 0 radical (unpaired) electrons. The Morgan fingerprint density at radius 1 is 0.962 bits per heavy atom. The monoisotopic (exact) mass is 348 g/mol. The lowest BCUT2D eigenvalue weighted by molar-refractivity contribution is 0.356.